The Labute approximate surface area is 59.0 Å². The molecule has 4 nitrogen and oxygen atoms in total. The maximum atomic E-state index is 11.8. The number of carbonyl (C=O) groups is 1. The summed E-state index contributed by atoms with van der Waals surface area (Å²) >= 11 is 4.17. The van der Waals surface area contributed by atoms with Crippen LogP contribution in [-0.2, 0) is 9.36 Å². The fourth-order valence-corrected chi connectivity index (χ4v) is 0.674. The molecule has 0 saturated carbocycles. The lowest BCUT2D eigenvalue weighted by Crippen LogP contribution is -2.23. The van der Waals surface area contributed by atoms with Crippen molar-refractivity contribution in [2.24, 2.45) is 0 Å². The predicted molar refractivity (Wildman–Crippen MR) is 27.9 cm³/mol. The highest BCUT2D eigenvalue weighted by molar-refractivity contribution is 7.54. The van der Waals surface area contributed by atoms with Gasteiger partial charge in [0.25, 0.3) is 0 Å². The summed E-state index contributed by atoms with van der Waals surface area (Å²) in [6.07, 6.45) is 0. The molecule has 2 N–H and O–H groups in total. The zero-order chi connectivity index (χ0) is 8.58. The molecule has 0 bridgehead atoms. The first kappa shape index (κ1) is 9.97. The summed E-state index contributed by atoms with van der Waals surface area (Å²) in [5.41, 5.74) is -4.77. The van der Waals surface area contributed by atoms with Crippen molar-refractivity contribution in [2.45, 2.75) is 5.66 Å². The molecular weight excluding hydrogens is 192 g/mol. The smallest absolute Gasteiger partial charge is 0.320 e. The molecule has 0 spiro atoms. The Hall–Kier alpha value is -0.0300. The molecule has 0 unspecified atom stereocenters. The van der Waals surface area contributed by atoms with Crippen LogP contribution in [0.15, 0.2) is 0 Å². The van der Waals surface area contributed by atoms with Gasteiger partial charge in [0.2, 0.25) is 0 Å². The van der Waals surface area contributed by atoms with E-state index >= 15 is 0 Å². The van der Waals surface area contributed by atoms with Crippen LogP contribution in [0.2, 0.25) is 0 Å². The van der Waals surface area contributed by atoms with Crippen LogP contribution >= 0.6 is 19.2 Å². The van der Waals surface area contributed by atoms with Crippen LogP contribution in [0.1, 0.15) is 0 Å². The van der Waals surface area contributed by atoms with Crippen LogP contribution in [0.5, 0.6) is 0 Å². The number of rotatable bonds is 2. The van der Waals surface area contributed by atoms with E-state index in [2.05, 4.69) is 11.6 Å². The van der Waals surface area contributed by atoms with Gasteiger partial charge in [0, 0.05) is 0 Å². The Kier molecular flexibility index (Phi) is 2.53. The first-order valence-electron chi connectivity index (χ1n) is 1.83. The summed E-state index contributed by atoms with van der Waals surface area (Å²) in [4.78, 5) is 25.2. The van der Waals surface area contributed by atoms with Crippen LogP contribution < -0.4 is 0 Å². The Balaban J connectivity index is 4.75. The number of carbonyl (C=O) groups excluding carboxylic acids is 1. The van der Waals surface area contributed by atoms with Crippen molar-refractivity contribution in [1.29, 1.82) is 0 Å². The highest BCUT2D eigenvalue weighted by Crippen LogP contribution is 2.53. The maximum absolute atomic E-state index is 11.8. The second-order valence-electron chi connectivity index (χ2n) is 1.36. The molecule has 60 valence electrons. The molecule has 0 heterocycles. The minimum absolute atomic E-state index is 2.36. The molecule has 10 heavy (non-hydrogen) atoms. The lowest BCUT2D eigenvalue weighted by atomic mass is 10.8. The predicted octanol–water partition coefficient (Wildman–Crippen LogP) is 0.522. The Morgan fingerprint density at radius 2 is 1.80 bits per heavy atom. The van der Waals surface area contributed by atoms with Crippen molar-refractivity contribution in [3.05, 3.63) is 0 Å². The number of hydrogen-bond donors (Lipinski definition) is 2. The molecule has 8 heteroatoms. The van der Waals surface area contributed by atoms with E-state index in [1.165, 1.54) is 0 Å². The monoisotopic (exact) mass is 194 g/mol. The molecule has 0 aliphatic carbocycles. The van der Waals surface area contributed by atoms with E-state index in [1.54, 1.807) is 0 Å². The number of hydrogen-bond acceptors (Lipinski definition) is 2. The van der Waals surface area contributed by atoms with Gasteiger partial charge >= 0.3 is 18.5 Å². The Bertz CT molecular complexity index is 197. The first-order chi connectivity index (χ1) is 4.19. The largest absolute Gasteiger partial charge is 0.417 e. The third kappa shape index (κ3) is 1.73. The van der Waals surface area contributed by atoms with Crippen molar-refractivity contribution in [1.82, 2.24) is 0 Å². The van der Waals surface area contributed by atoms with E-state index in [0.717, 1.165) is 0 Å². The van der Waals surface area contributed by atoms with E-state index in [9.17, 15) is 18.1 Å². The summed E-state index contributed by atoms with van der Waals surface area (Å²) in [5.74, 6) is 0. The van der Waals surface area contributed by atoms with Gasteiger partial charge in [-0.2, -0.15) is 8.78 Å². The topological polar surface area (TPSA) is 74.6 Å². The summed E-state index contributed by atoms with van der Waals surface area (Å²) in [6.45, 7) is 0. The van der Waals surface area contributed by atoms with Gasteiger partial charge in [0.05, 0.1) is 0 Å². The van der Waals surface area contributed by atoms with Gasteiger partial charge in [-0.15, -0.1) is 0 Å². The van der Waals surface area contributed by atoms with Crippen molar-refractivity contribution < 1.29 is 27.9 Å². The Morgan fingerprint density at radius 3 is 1.80 bits per heavy atom. The molecule has 0 aliphatic heterocycles. The van der Waals surface area contributed by atoms with E-state index in [0.29, 0.717) is 0 Å². The standard InChI is InChI=1S/C2H2ClF2O4P/c3-1(6)2(4,5)10(7,8)9/h(H2,7,8,9). The van der Waals surface area contributed by atoms with Crippen LogP contribution in [-0.4, -0.2) is 20.7 Å². The minimum atomic E-state index is -5.74. The fourth-order valence-electron chi connectivity index (χ4n) is 0.115. The third-order valence-electron chi connectivity index (χ3n) is 0.602. The van der Waals surface area contributed by atoms with E-state index in [-0.39, 0.29) is 0 Å². The lowest BCUT2D eigenvalue weighted by molar-refractivity contribution is -0.126. The number of halogens is 3. The molecular formula is C2H2ClF2O4P. The highest BCUT2D eigenvalue weighted by atomic mass is 35.5. The average Bonchev–Trinajstić information content (AvgIpc) is 1.62. The second-order valence-corrected chi connectivity index (χ2v) is 3.35. The minimum Gasteiger partial charge on any atom is -0.320 e. The molecule has 0 saturated heterocycles. The van der Waals surface area contributed by atoms with E-state index in [4.69, 9.17) is 9.79 Å². The number of alkyl halides is 2. The molecule has 0 amide bonds. The van der Waals surface area contributed by atoms with Crippen LogP contribution in [0.3, 0.4) is 0 Å². The zero-order valence-electron chi connectivity index (χ0n) is 4.29. The molecule has 0 aromatic carbocycles. The van der Waals surface area contributed by atoms with Gasteiger partial charge in [0.1, 0.15) is 0 Å². The normalized spacial score (nSPS) is 13.3. The average molecular weight is 194 g/mol. The van der Waals surface area contributed by atoms with Gasteiger partial charge in [-0.1, -0.05) is 0 Å². The summed E-state index contributed by atoms with van der Waals surface area (Å²) in [6, 6.07) is 0. The van der Waals surface area contributed by atoms with Gasteiger partial charge < -0.3 is 9.79 Å². The SMILES string of the molecule is O=C(Cl)C(F)(F)P(=O)(O)O. The van der Waals surface area contributed by atoms with Gasteiger partial charge in [-0.3, -0.25) is 9.36 Å². The van der Waals surface area contributed by atoms with Crippen molar-refractivity contribution in [3.63, 3.8) is 0 Å². The molecule has 0 aromatic rings. The zero-order valence-corrected chi connectivity index (χ0v) is 5.94. The summed E-state index contributed by atoms with van der Waals surface area (Å²) < 4.78 is 33.4. The lowest BCUT2D eigenvalue weighted by Gasteiger charge is -2.11. The molecule has 0 aliphatic rings. The van der Waals surface area contributed by atoms with Crippen molar-refractivity contribution in [2.75, 3.05) is 0 Å². The molecule has 0 fully saturated rings. The van der Waals surface area contributed by atoms with Gasteiger partial charge in [-0.05, 0) is 11.6 Å². The van der Waals surface area contributed by atoms with Gasteiger partial charge in [0.15, 0.2) is 0 Å². The fraction of sp³-hybridized carbons (Fsp3) is 0.500. The molecule has 0 rings (SSSR count). The summed E-state index contributed by atoms with van der Waals surface area (Å²) in [7, 11) is -5.74. The van der Waals surface area contributed by atoms with Crippen molar-refractivity contribution >= 4 is 24.4 Å². The van der Waals surface area contributed by atoms with Crippen LogP contribution in [0.4, 0.5) is 8.78 Å². The Morgan fingerprint density at radius 1 is 1.50 bits per heavy atom. The maximum Gasteiger partial charge on any atom is 0.417 e. The second kappa shape index (κ2) is 2.54. The highest BCUT2D eigenvalue weighted by Gasteiger charge is 2.55. The quantitative estimate of drug-likeness (QED) is 0.496. The van der Waals surface area contributed by atoms with Gasteiger partial charge in [-0.25, -0.2) is 0 Å². The van der Waals surface area contributed by atoms with Crippen LogP contribution in [0.25, 0.3) is 0 Å². The molecule has 0 radical (unpaired) electrons. The first-order valence-corrected chi connectivity index (χ1v) is 3.82. The van der Waals surface area contributed by atoms with Crippen LogP contribution in [0, 0.1) is 0 Å². The third-order valence-corrected chi connectivity index (χ3v) is 1.91. The van der Waals surface area contributed by atoms with Crippen molar-refractivity contribution in [3.8, 4) is 0 Å². The molecule has 0 aromatic heterocycles. The molecule has 0 atom stereocenters. The van der Waals surface area contributed by atoms with E-state index in [1.807, 2.05) is 0 Å². The van der Waals surface area contributed by atoms with E-state index < -0.39 is 18.5 Å². The summed E-state index contributed by atoms with van der Waals surface area (Å²) in [5, 5.41) is -2.36.